The van der Waals surface area contributed by atoms with E-state index >= 15 is 0 Å². The van der Waals surface area contributed by atoms with Crippen LogP contribution in [-0.2, 0) is 11.8 Å². The Balaban J connectivity index is 1.35. The number of nitrogens with zero attached hydrogens (tertiary/aromatic N) is 5. The maximum atomic E-state index is 13.3. The third-order valence-electron chi connectivity index (χ3n) is 5.93. The number of para-hydroxylation sites is 1. The maximum Gasteiger partial charge on any atom is 0.253 e. The van der Waals surface area contributed by atoms with Crippen LogP contribution in [0.1, 0.15) is 29.3 Å². The van der Waals surface area contributed by atoms with Crippen molar-refractivity contribution in [1.29, 1.82) is 0 Å². The van der Waals surface area contributed by atoms with Gasteiger partial charge in [-0.3, -0.25) is 4.79 Å². The number of thioether (sulfide) groups is 1. The molecule has 0 spiro atoms. The van der Waals surface area contributed by atoms with Crippen LogP contribution < -0.4 is 4.74 Å². The molecular formula is C26H25N5O3S. The van der Waals surface area contributed by atoms with Gasteiger partial charge >= 0.3 is 0 Å². The molecule has 0 radical (unpaired) electrons. The minimum absolute atomic E-state index is 0.125. The molecule has 1 unspecified atom stereocenters. The second-order valence-electron chi connectivity index (χ2n) is 8.24. The molecule has 0 saturated carbocycles. The Morgan fingerprint density at radius 1 is 1.11 bits per heavy atom. The van der Waals surface area contributed by atoms with Crippen molar-refractivity contribution in [2.45, 2.75) is 24.5 Å². The zero-order valence-electron chi connectivity index (χ0n) is 19.7. The van der Waals surface area contributed by atoms with Gasteiger partial charge in [0.15, 0.2) is 11.0 Å². The summed E-state index contributed by atoms with van der Waals surface area (Å²) in [6.07, 6.45) is 2.21. The normalized spacial score (nSPS) is 15.3. The fraction of sp³-hybridized carbons (Fsp3) is 0.231. The number of carbonyl (C=O) groups excluding carboxylic acids is 1. The molecule has 4 aromatic rings. The lowest BCUT2D eigenvalue weighted by molar-refractivity contribution is -0.130. The minimum Gasteiger partial charge on any atom is -0.496 e. The van der Waals surface area contributed by atoms with E-state index in [0.29, 0.717) is 28.9 Å². The Hall–Kier alpha value is -3.85. The third-order valence-corrected chi connectivity index (χ3v) is 6.93. The van der Waals surface area contributed by atoms with Crippen molar-refractivity contribution < 1.29 is 13.9 Å². The molecular weight excluding hydrogens is 462 g/mol. The van der Waals surface area contributed by atoms with E-state index in [1.54, 1.807) is 18.4 Å². The predicted molar refractivity (Wildman–Crippen MR) is 134 cm³/mol. The Labute approximate surface area is 207 Å². The second kappa shape index (κ2) is 9.79. The van der Waals surface area contributed by atoms with Gasteiger partial charge in [0.2, 0.25) is 0 Å². The van der Waals surface area contributed by atoms with Crippen LogP contribution in [-0.4, -0.2) is 44.3 Å². The van der Waals surface area contributed by atoms with Crippen LogP contribution in [0.5, 0.6) is 5.75 Å². The zero-order valence-corrected chi connectivity index (χ0v) is 20.5. The minimum atomic E-state index is -0.280. The van der Waals surface area contributed by atoms with Gasteiger partial charge in [0, 0.05) is 13.5 Å². The number of carbonyl (C=O) groups is 1. The number of hydrazone groups is 1. The highest BCUT2D eigenvalue weighted by Crippen LogP contribution is 2.34. The molecule has 0 fully saturated rings. The van der Waals surface area contributed by atoms with Gasteiger partial charge in [0.25, 0.3) is 5.91 Å². The first-order valence-electron chi connectivity index (χ1n) is 11.2. The molecule has 3 heterocycles. The van der Waals surface area contributed by atoms with E-state index < -0.39 is 0 Å². The lowest BCUT2D eigenvalue weighted by atomic mass is 10.0. The number of amides is 1. The topological polar surface area (TPSA) is 85.8 Å². The summed E-state index contributed by atoms with van der Waals surface area (Å²) in [5.74, 6) is 2.14. The summed E-state index contributed by atoms with van der Waals surface area (Å²) in [4.78, 5) is 13.3. The van der Waals surface area contributed by atoms with E-state index in [-0.39, 0.29) is 17.7 Å². The third kappa shape index (κ3) is 4.59. The summed E-state index contributed by atoms with van der Waals surface area (Å²) in [5, 5.41) is 15.5. The van der Waals surface area contributed by atoms with Gasteiger partial charge in [-0.05, 0) is 36.8 Å². The summed E-state index contributed by atoms with van der Waals surface area (Å²) in [5.41, 5.74) is 3.88. The van der Waals surface area contributed by atoms with Gasteiger partial charge in [-0.15, -0.1) is 10.2 Å². The molecule has 9 heteroatoms. The number of hydrogen-bond donors (Lipinski definition) is 0. The van der Waals surface area contributed by atoms with E-state index in [4.69, 9.17) is 14.3 Å². The summed E-state index contributed by atoms with van der Waals surface area (Å²) in [6.45, 7) is 2.05. The first-order valence-corrected chi connectivity index (χ1v) is 12.2. The summed E-state index contributed by atoms with van der Waals surface area (Å²) in [7, 11) is 3.50. The fourth-order valence-electron chi connectivity index (χ4n) is 4.06. The number of aryl methyl sites for hydroxylation is 1. The van der Waals surface area contributed by atoms with E-state index in [9.17, 15) is 4.79 Å². The Morgan fingerprint density at radius 2 is 1.91 bits per heavy atom. The highest BCUT2D eigenvalue weighted by Gasteiger charge is 2.35. The molecule has 0 saturated heterocycles. The van der Waals surface area contributed by atoms with Crippen molar-refractivity contribution >= 4 is 23.4 Å². The SMILES string of the molecule is COc1ccccc1-c1nnc(SCC(=O)N2N=C(c3ccc(C)cc3)CC2c2ccco2)n1C. The predicted octanol–water partition coefficient (Wildman–Crippen LogP) is 4.86. The lowest BCUT2D eigenvalue weighted by Crippen LogP contribution is -2.28. The molecule has 178 valence electrons. The number of ether oxygens (including phenoxy) is 1. The van der Waals surface area contributed by atoms with Gasteiger partial charge in [-0.2, -0.15) is 5.10 Å². The Bertz CT molecular complexity index is 1360. The standard InChI is InChI=1S/C26H25N5O3S/c1-17-10-12-18(13-11-17)20-15-21(23-9-6-14-34-23)31(29-20)24(32)16-35-26-28-27-25(30(26)2)19-7-4-5-8-22(19)33-3/h4-14,21H,15-16H2,1-3H3. The van der Waals surface area contributed by atoms with Crippen molar-refractivity contribution in [2.75, 3.05) is 12.9 Å². The van der Waals surface area contributed by atoms with Crippen molar-refractivity contribution in [3.63, 3.8) is 0 Å². The van der Waals surface area contributed by atoms with Gasteiger partial charge in [-0.1, -0.05) is 53.7 Å². The summed E-state index contributed by atoms with van der Waals surface area (Å²) < 4.78 is 13.0. The number of rotatable bonds is 7. The molecule has 35 heavy (non-hydrogen) atoms. The van der Waals surface area contributed by atoms with E-state index in [0.717, 1.165) is 16.8 Å². The van der Waals surface area contributed by atoms with Crippen LogP contribution in [0.3, 0.4) is 0 Å². The molecule has 0 aliphatic carbocycles. The second-order valence-corrected chi connectivity index (χ2v) is 9.18. The zero-order chi connectivity index (χ0) is 24.4. The molecule has 1 atom stereocenters. The average Bonchev–Trinajstić information content (AvgIpc) is 3.63. The number of benzene rings is 2. The van der Waals surface area contributed by atoms with Crippen LogP contribution >= 0.6 is 11.8 Å². The average molecular weight is 488 g/mol. The smallest absolute Gasteiger partial charge is 0.253 e. The highest BCUT2D eigenvalue weighted by molar-refractivity contribution is 7.99. The molecule has 8 nitrogen and oxygen atoms in total. The largest absolute Gasteiger partial charge is 0.496 e. The number of furan rings is 1. The van der Waals surface area contributed by atoms with Crippen molar-refractivity contribution in [3.05, 3.63) is 83.8 Å². The monoisotopic (exact) mass is 487 g/mol. The Kier molecular flexibility index (Phi) is 6.41. The molecule has 0 bridgehead atoms. The van der Waals surface area contributed by atoms with Gasteiger partial charge in [0.1, 0.15) is 17.6 Å². The van der Waals surface area contributed by atoms with Gasteiger partial charge < -0.3 is 13.7 Å². The van der Waals surface area contributed by atoms with Crippen molar-refractivity contribution in [2.24, 2.45) is 12.1 Å². The molecule has 1 amide bonds. The fourth-order valence-corrected chi connectivity index (χ4v) is 4.82. The van der Waals surface area contributed by atoms with Crippen LogP contribution in [0.2, 0.25) is 0 Å². The molecule has 0 N–H and O–H groups in total. The first-order chi connectivity index (χ1) is 17.0. The van der Waals surface area contributed by atoms with Crippen LogP contribution in [0.4, 0.5) is 0 Å². The van der Waals surface area contributed by atoms with E-state index in [2.05, 4.69) is 10.2 Å². The number of hydrogen-bond acceptors (Lipinski definition) is 7. The lowest BCUT2D eigenvalue weighted by Gasteiger charge is -2.19. The van der Waals surface area contributed by atoms with Crippen LogP contribution in [0.25, 0.3) is 11.4 Å². The summed E-state index contributed by atoms with van der Waals surface area (Å²) in [6, 6.07) is 19.2. The van der Waals surface area contributed by atoms with Crippen LogP contribution in [0, 0.1) is 6.92 Å². The quantitative estimate of drug-likeness (QED) is 0.346. The molecule has 2 aromatic heterocycles. The first kappa shape index (κ1) is 22.9. The van der Waals surface area contributed by atoms with E-state index in [1.807, 2.05) is 79.2 Å². The maximum absolute atomic E-state index is 13.3. The number of aromatic nitrogens is 3. The van der Waals surface area contributed by atoms with Gasteiger partial charge in [-0.25, -0.2) is 5.01 Å². The summed E-state index contributed by atoms with van der Waals surface area (Å²) >= 11 is 1.33. The van der Waals surface area contributed by atoms with Crippen molar-refractivity contribution in [1.82, 2.24) is 19.8 Å². The highest BCUT2D eigenvalue weighted by atomic mass is 32.2. The van der Waals surface area contributed by atoms with Gasteiger partial charge in [0.05, 0.1) is 30.4 Å². The molecule has 5 rings (SSSR count). The molecule has 1 aliphatic rings. The molecule has 2 aromatic carbocycles. The van der Waals surface area contributed by atoms with E-state index in [1.165, 1.54) is 17.3 Å². The van der Waals surface area contributed by atoms with Crippen LogP contribution in [0.15, 0.2) is 81.6 Å². The Morgan fingerprint density at radius 3 is 2.66 bits per heavy atom. The molecule has 1 aliphatic heterocycles. The number of methoxy groups -OCH3 is 1. The van der Waals surface area contributed by atoms with Crippen molar-refractivity contribution in [3.8, 4) is 17.1 Å².